The molecule has 0 atom stereocenters. The Bertz CT molecular complexity index is 550. The van der Waals surface area contributed by atoms with Gasteiger partial charge in [0.2, 0.25) is 0 Å². The number of aryl methyl sites for hydroxylation is 1. The van der Waals surface area contributed by atoms with E-state index in [1.165, 1.54) is 35.6 Å². The van der Waals surface area contributed by atoms with E-state index in [1.807, 2.05) is 13.1 Å². The average molecular weight is 226 g/mol. The van der Waals surface area contributed by atoms with Crippen molar-refractivity contribution in [3.63, 3.8) is 0 Å². The van der Waals surface area contributed by atoms with Crippen LogP contribution in [0.25, 0.3) is 10.8 Å². The lowest BCUT2D eigenvalue weighted by atomic mass is 9.64. The van der Waals surface area contributed by atoms with E-state index in [2.05, 4.69) is 29.2 Å². The summed E-state index contributed by atoms with van der Waals surface area (Å²) in [5, 5.41) is 2.50. The molecule has 2 nitrogen and oxygen atoms in total. The Kier molecular flexibility index (Phi) is 2.40. The molecule has 0 bridgehead atoms. The summed E-state index contributed by atoms with van der Waals surface area (Å²) in [6.07, 6.45) is 5.74. The van der Waals surface area contributed by atoms with Gasteiger partial charge in [0, 0.05) is 29.2 Å². The third-order valence-electron chi connectivity index (χ3n) is 4.17. The van der Waals surface area contributed by atoms with Crippen LogP contribution in [-0.4, -0.2) is 11.5 Å². The first-order chi connectivity index (χ1) is 8.23. The van der Waals surface area contributed by atoms with Gasteiger partial charge in [0.1, 0.15) is 0 Å². The number of nitrogens with zero attached hydrogens (tertiary/aromatic N) is 1. The summed E-state index contributed by atoms with van der Waals surface area (Å²) < 4.78 is 0. The fourth-order valence-corrected chi connectivity index (χ4v) is 2.80. The van der Waals surface area contributed by atoms with Crippen molar-refractivity contribution >= 4 is 10.8 Å². The van der Waals surface area contributed by atoms with Crippen molar-refractivity contribution in [2.24, 2.45) is 5.73 Å². The van der Waals surface area contributed by atoms with Crippen molar-refractivity contribution < 1.29 is 0 Å². The van der Waals surface area contributed by atoms with Gasteiger partial charge in [-0.15, -0.1) is 0 Å². The summed E-state index contributed by atoms with van der Waals surface area (Å²) in [6.45, 7) is 2.79. The maximum atomic E-state index is 5.95. The van der Waals surface area contributed by atoms with Crippen LogP contribution in [0.2, 0.25) is 0 Å². The van der Waals surface area contributed by atoms with E-state index in [0.29, 0.717) is 0 Å². The predicted octanol–water partition coefficient (Wildman–Crippen LogP) is 2.92. The Morgan fingerprint density at radius 2 is 2.06 bits per heavy atom. The molecule has 3 rings (SSSR count). The van der Waals surface area contributed by atoms with Crippen LogP contribution in [0.15, 0.2) is 30.5 Å². The molecule has 2 aromatic rings. The normalized spacial score (nSPS) is 18.0. The Hall–Kier alpha value is -1.41. The molecule has 1 heterocycles. The van der Waals surface area contributed by atoms with Gasteiger partial charge in [0.05, 0.1) is 0 Å². The SMILES string of the molecule is Cc1cc2ccc(C3(CN)CCC3)cc2cn1. The van der Waals surface area contributed by atoms with Crippen molar-refractivity contribution in [2.45, 2.75) is 31.6 Å². The van der Waals surface area contributed by atoms with Crippen LogP contribution >= 0.6 is 0 Å². The minimum Gasteiger partial charge on any atom is -0.330 e. The van der Waals surface area contributed by atoms with Gasteiger partial charge < -0.3 is 5.73 Å². The van der Waals surface area contributed by atoms with Gasteiger partial charge in [-0.2, -0.15) is 0 Å². The summed E-state index contributed by atoms with van der Waals surface area (Å²) in [5.41, 5.74) is 8.67. The number of pyridine rings is 1. The van der Waals surface area contributed by atoms with E-state index < -0.39 is 0 Å². The highest BCUT2D eigenvalue weighted by Crippen LogP contribution is 2.43. The molecule has 1 aromatic heterocycles. The van der Waals surface area contributed by atoms with E-state index in [1.54, 1.807) is 0 Å². The van der Waals surface area contributed by atoms with Crippen LogP contribution in [0.5, 0.6) is 0 Å². The first kappa shape index (κ1) is 10.7. The molecule has 0 unspecified atom stereocenters. The van der Waals surface area contributed by atoms with E-state index in [-0.39, 0.29) is 5.41 Å². The topological polar surface area (TPSA) is 38.9 Å². The van der Waals surface area contributed by atoms with Crippen LogP contribution < -0.4 is 5.73 Å². The van der Waals surface area contributed by atoms with Crippen molar-refractivity contribution in [3.05, 3.63) is 41.7 Å². The zero-order valence-corrected chi connectivity index (χ0v) is 10.2. The van der Waals surface area contributed by atoms with Gasteiger partial charge in [0.25, 0.3) is 0 Å². The van der Waals surface area contributed by atoms with Gasteiger partial charge in [0.15, 0.2) is 0 Å². The second kappa shape index (κ2) is 3.81. The zero-order valence-electron chi connectivity index (χ0n) is 10.2. The number of fused-ring (bicyclic) bond motifs is 1. The Morgan fingerprint density at radius 3 is 2.71 bits per heavy atom. The molecular formula is C15H18N2. The molecule has 0 saturated heterocycles. The minimum absolute atomic E-state index is 0.249. The smallest absolute Gasteiger partial charge is 0.0379 e. The molecule has 2 heteroatoms. The number of benzene rings is 1. The zero-order chi connectivity index (χ0) is 11.9. The molecule has 1 fully saturated rings. The van der Waals surface area contributed by atoms with Crippen LogP contribution in [0, 0.1) is 6.92 Å². The van der Waals surface area contributed by atoms with Crippen molar-refractivity contribution in [1.29, 1.82) is 0 Å². The molecule has 1 aliphatic rings. The molecule has 0 spiro atoms. The first-order valence-electron chi connectivity index (χ1n) is 6.30. The maximum absolute atomic E-state index is 5.95. The number of rotatable bonds is 2. The largest absolute Gasteiger partial charge is 0.330 e. The number of hydrogen-bond donors (Lipinski definition) is 1. The Balaban J connectivity index is 2.10. The lowest BCUT2D eigenvalue weighted by Crippen LogP contribution is -2.41. The van der Waals surface area contributed by atoms with Crippen LogP contribution in [0.1, 0.15) is 30.5 Å². The maximum Gasteiger partial charge on any atom is 0.0379 e. The highest BCUT2D eigenvalue weighted by Gasteiger charge is 2.37. The predicted molar refractivity (Wildman–Crippen MR) is 71.1 cm³/mol. The quantitative estimate of drug-likeness (QED) is 0.855. The van der Waals surface area contributed by atoms with Crippen LogP contribution in [0.3, 0.4) is 0 Å². The summed E-state index contributed by atoms with van der Waals surface area (Å²) in [7, 11) is 0. The van der Waals surface area contributed by atoms with E-state index in [0.717, 1.165) is 12.2 Å². The first-order valence-corrected chi connectivity index (χ1v) is 6.30. The fraction of sp³-hybridized carbons (Fsp3) is 0.400. The Morgan fingerprint density at radius 1 is 1.24 bits per heavy atom. The highest BCUT2D eigenvalue weighted by atomic mass is 14.7. The lowest BCUT2D eigenvalue weighted by molar-refractivity contribution is 0.253. The molecule has 1 saturated carbocycles. The second-order valence-corrected chi connectivity index (χ2v) is 5.23. The summed E-state index contributed by atoms with van der Waals surface area (Å²) in [4.78, 5) is 4.37. The summed E-state index contributed by atoms with van der Waals surface area (Å²) >= 11 is 0. The molecular weight excluding hydrogens is 208 g/mol. The molecule has 0 aliphatic heterocycles. The fourth-order valence-electron chi connectivity index (χ4n) is 2.80. The van der Waals surface area contributed by atoms with Gasteiger partial charge in [-0.05, 0) is 42.8 Å². The standard InChI is InChI=1S/C15H18N2/c1-11-7-12-3-4-14(8-13(12)9-17-11)15(10-16)5-2-6-15/h3-4,7-9H,2,5-6,10,16H2,1H3. The molecule has 88 valence electrons. The van der Waals surface area contributed by atoms with Crippen LogP contribution in [0.4, 0.5) is 0 Å². The highest BCUT2D eigenvalue weighted by molar-refractivity contribution is 5.83. The number of hydrogen-bond acceptors (Lipinski definition) is 2. The molecule has 1 aliphatic carbocycles. The van der Waals surface area contributed by atoms with Gasteiger partial charge in [-0.3, -0.25) is 4.98 Å². The number of aromatic nitrogens is 1. The molecule has 0 amide bonds. The number of nitrogens with two attached hydrogens (primary N) is 1. The van der Waals surface area contributed by atoms with E-state index in [9.17, 15) is 0 Å². The average Bonchev–Trinajstić information content (AvgIpc) is 2.28. The van der Waals surface area contributed by atoms with Gasteiger partial charge in [-0.1, -0.05) is 18.6 Å². The van der Waals surface area contributed by atoms with Crippen molar-refractivity contribution in [1.82, 2.24) is 4.98 Å². The van der Waals surface area contributed by atoms with Gasteiger partial charge >= 0.3 is 0 Å². The van der Waals surface area contributed by atoms with Crippen molar-refractivity contribution in [2.75, 3.05) is 6.54 Å². The van der Waals surface area contributed by atoms with E-state index in [4.69, 9.17) is 5.73 Å². The molecule has 0 radical (unpaired) electrons. The lowest BCUT2D eigenvalue weighted by Gasteiger charge is -2.41. The van der Waals surface area contributed by atoms with Crippen molar-refractivity contribution in [3.8, 4) is 0 Å². The minimum atomic E-state index is 0.249. The molecule has 1 aromatic carbocycles. The van der Waals surface area contributed by atoms with Crippen LogP contribution in [-0.2, 0) is 5.41 Å². The third kappa shape index (κ3) is 1.64. The molecule has 17 heavy (non-hydrogen) atoms. The Labute approximate surface area is 102 Å². The third-order valence-corrected chi connectivity index (χ3v) is 4.17. The monoisotopic (exact) mass is 226 g/mol. The summed E-state index contributed by atoms with van der Waals surface area (Å²) in [5.74, 6) is 0. The van der Waals surface area contributed by atoms with Gasteiger partial charge in [-0.25, -0.2) is 0 Å². The second-order valence-electron chi connectivity index (χ2n) is 5.23. The summed E-state index contributed by atoms with van der Waals surface area (Å²) in [6, 6.07) is 8.85. The van der Waals surface area contributed by atoms with E-state index >= 15 is 0 Å². The molecule has 2 N–H and O–H groups in total.